The van der Waals surface area contributed by atoms with Crippen LogP contribution in [0.15, 0.2) is 28.3 Å². The Morgan fingerprint density at radius 1 is 1.11 bits per heavy atom. The third-order valence-corrected chi connectivity index (χ3v) is 4.10. The average Bonchev–Trinajstić information content (AvgIpc) is 2.43. The summed E-state index contributed by atoms with van der Waals surface area (Å²) in [5.74, 6) is 1.22. The molecule has 1 atom stereocenters. The molecule has 1 aliphatic rings. The second-order valence-electron chi connectivity index (χ2n) is 4.36. The first-order valence-electron chi connectivity index (χ1n) is 5.86. The lowest BCUT2D eigenvalue weighted by Gasteiger charge is -2.22. The van der Waals surface area contributed by atoms with Gasteiger partial charge in [-0.05, 0) is 30.0 Å². The Morgan fingerprint density at radius 3 is 2.37 bits per heavy atom. The second-order valence-corrected chi connectivity index (χ2v) is 5.20. The molecule has 102 valence electrons. The Morgan fingerprint density at radius 2 is 1.79 bits per heavy atom. The van der Waals surface area contributed by atoms with Crippen LogP contribution in [-0.2, 0) is 4.79 Å². The molecule has 0 saturated heterocycles. The van der Waals surface area contributed by atoms with E-state index in [0.717, 1.165) is 5.56 Å². The molecule has 0 spiro atoms. The fourth-order valence-corrected chi connectivity index (χ4v) is 2.63. The van der Waals surface area contributed by atoms with Gasteiger partial charge >= 0.3 is 0 Å². The maximum absolute atomic E-state index is 11.7. The topological polar surface area (TPSA) is 35.5 Å². The van der Waals surface area contributed by atoms with Crippen LogP contribution >= 0.6 is 23.2 Å². The van der Waals surface area contributed by atoms with Crippen molar-refractivity contribution in [1.82, 2.24) is 0 Å². The van der Waals surface area contributed by atoms with E-state index in [0.29, 0.717) is 29.4 Å². The summed E-state index contributed by atoms with van der Waals surface area (Å²) in [7, 11) is 3.17. The summed E-state index contributed by atoms with van der Waals surface area (Å²) in [6.45, 7) is 0. The summed E-state index contributed by atoms with van der Waals surface area (Å²) in [6, 6.07) is 5.62. The highest BCUT2D eigenvalue weighted by molar-refractivity contribution is 6.48. The van der Waals surface area contributed by atoms with E-state index >= 15 is 0 Å². The van der Waals surface area contributed by atoms with E-state index in [1.54, 1.807) is 14.2 Å². The standard InChI is InChI=1S/C14H14Cl2O3/c1-18-12-4-3-8(7-13(12)19-2)9-5-10(15)14(16)11(17)6-9/h3-4,7,9H,5-6H2,1-2H3. The van der Waals surface area contributed by atoms with Crippen molar-refractivity contribution in [3.8, 4) is 11.5 Å². The number of hydrogen-bond acceptors (Lipinski definition) is 3. The fraction of sp³-hybridized carbons (Fsp3) is 0.357. The average molecular weight is 301 g/mol. The van der Waals surface area contributed by atoms with E-state index in [9.17, 15) is 4.79 Å². The van der Waals surface area contributed by atoms with E-state index in [1.165, 1.54) is 0 Å². The van der Waals surface area contributed by atoms with E-state index in [2.05, 4.69) is 0 Å². The van der Waals surface area contributed by atoms with Crippen LogP contribution in [-0.4, -0.2) is 20.0 Å². The Bertz CT molecular complexity index is 537. The lowest BCUT2D eigenvalue weighted by atomic mass is 9.87. The molecule has 0 radical (unpaired) electrons. The van der Waals surface area contributed by atoms with Gasteiger partial charge in [-0.3, -0.25) is 4.79 Å². The minimum atomic E-state index is -0.113. The quantitative estimate of drug-likeness (QED) is 0.851. The molecule has 0 N–H and O–H groups in total. The van der Waals surface area contributed by atoms with Gasteiger partial charge in [0.15, 0.2) is 17.3 Å². The van der Waals surface area contributed by atoms with E-state index in [4.69, 9.17) is 32.7 Å². The van der Waals surface area contributed by atoms with Gasteiger partial charge in [-0.15, -0.1) is 0 Å². The van der Waals surface area contributed by atoms with Gasteiger partial charge in [-0.1, -0.05) is 29.3 Å². The lowest BCUT2D eigenvalue weighted by molar-refractivity contribution is -0.115. The summed E-state index contributed by atoms with van der Waals surface area (Å²) in [6.07, 6.45) is 0.937. The van der Waals surface area contributed by atoms with Crippen molar-refractivity contribution in [3.63, 3.8) is 0 Å². The van der Waals surface area contributed by atoms with Crippen LogP contribution in [0.1, 0.15) is 24.3 Å². The van der Waals surface area contributed by atoms with E-state index < -0.39 is 0 Å². The highest BCUT2D eigenvalue weighted by Crippen LogP contribution is 2.40. The molecule has 1 unspecified atom stereocenters. The first-order valence-corrected chi connectivity index (χ1v) is 6.61. The zero-order chi connectivity index (χ0) is 14.0. The Hall–Kier alpha value is -1.19. The maximum Gasteiger partial charge on any atom is 0.176 e. The molecule has 1 aromatic carbocycles. The minimum absolute atomic E-state index is 0.0299. The number of carbonyl (C=O) groups is 1. The molecule has 0 fully saturated rings. The van der Waals surface area contributed by atoms with Gasteiger partial charge in [0.25, 0.3) is 0 Å². The van der Waals surface area contributed by atoms with Gasteiger partial charge < -0.3 is 9.47 Å². The minimum Gasteiger partial charge on any atom is -0.493 e. The Labute approximate surface area is 122 Å². The number of benzene rings is 1. The summed E-state index contributed by atoms with van der Waals surface area (Å²) < 4.78 is 10.5. The summed E-state index contributed by atoms with van der Waals surface area (Å²) >= 11 is 11.8. The molecular formula is C14H14Cl2O3. The first-order chi connectivity index (χ1) is 9.06. The number of allylic oxidation sites excluding steroid dienone is 2. The SMILES string of the molecule is COc1ccc(C2CC(=O)C(Cl)=C(Cl)C2)cc1OC. The summed E-state index contributed by atoms with van der Waals surface area (Å²) in [5, 5.41) is 0.594. The predicted octanol–water partition coefficient (Wildman–Crippen LogP) is 3.84. The molecule has 0 aliphatic heterocycles. The number of carbonyl (C=O) groups excluding carboxylic acids is 1. The third kappa shape index (κ3) is 2.88. The van der Waals surface area contributed by atoms with Crippen molar-refractivity contribution in [3.05, 3.63) is 33.8 Å². The highest BCUT2D eigenvalue weighted by Gasteiger charge is 2.27. The van der Waals surface area contributed by atoms with Crippen molar-refractivity contribution in [1.29, 1.82) is 0 Å². The highest BCUT2D eigenvalue weighted by atomic mass is 35.5. The van der Waals surface area contributed by atoms with Crippen LogP contribution in [0, 0.1) is 0 Å². The number of ketones is 1. The molecule has 3 nitrogen and oxygen atoms in total. The normalized spacial score (nSPS) is 19.6. The number of rotatable bonds is 3. The largest absolute Gasteiger partial charge is 0.493 e. The number of ether oxygens (including phenoxy) is 2. The molecule has 2 rings (SSSR count). The number of methoxy groups -OCH3 is 2. The Kier molecular flexibility index (Phi) is 4.38. The summed E-state index contributed by atoms with van der Waals surface area (Å²) in [4.78, 5) is 11.7. The molecule has 0 aromatic heterocycles. The molecule has 1 aliphatic carbocycles. The zero-order valence-corrected chi connectivity index (χ0v) is 12.2. The lowest BCUT2D eigenvalue weighted by Crippen LogP contribution is -2.14. The van der Waals surface area contributed by atoms with Crippen molar-refractivity contribution < 1.29 is 14.3 Å². The van der Waals surface area contributed by atoms with Crippen molar-refractivity contribution >= 4 is 29.0 Å². The van der Waals surface area contributed by atoms with Crippen LogP contribution in [0.5, 0.6) is 11.5 Å². The van der Waals surface area contributed by atoms with Crippen LogP contribution in [0.3, 0.4) is 0 Å². The van der Waals surface area contributed by atoms with Gasteiger partial charge in [0, 0.05) is 11.5 Å². The van der Waals surface area contributed by atoms with E-state index in [1.807, 2.05) is 18.2 Å². The smallest absolute Gasteiger partial charge is 0.176 e. The van der Waals surface area contributed by atoms with Gasteiger partial charge in [0.05, 0.1) is 19.3 Å². The molecule has 0 heterocycles. The zero-order valence-electron chi connectivity index (χ0n) is 10.7. The summed E-state index contributed by atoms with van der Waals surface area (Å²) in [5.41, 5.74) is 0.994. The van der Waals surface area contributed by atoms with Crippen molar-refractivity contribution in [2.45, 2.75) is 18.8 Å². The fourth-order valence-electron chi connectivity index (χ4n) is 2.19. The molecule has 19 heavy (non-hydrogen) atoms. The Balaban J connectivity index is 2.31. The number of hydrogen-bond donors (Lipinski definition) is 0. The number of Topliss-reactive ketones (excluding diaryl/α,β-unsaturated/α-hetero) is 1. The van der Waals surface area contributed by atoms with Crippen LogP contribution in [0.25, 0.3) is 0 Å². The van der Waals surface area contributed by atoms with Gasteiger partial charge in [-0.2, -0.15) is 0 Å². The second kappa shape index (κ2) is 5.85. The van der Waals surface area contributed by atoms with E-state index in [-0.39, 0.29) is 16.7 Å². The first kappa shape index (κ1) is 14.2. The predicted molar refractivity (Wildman–Crippen MR) is 75.3 cm³/mol. The van der Waals surface area contributed by atoms with Crippen molar-refractivity contribution in [2.75, 3.05) is 14.2 Å². The monoisotopic (exact) mass is 300 g/mol. The third-order valence-electron chi connectivity index (χ3n) is 3.22. The molecule has 1 aromatic rings. The molecule has 0 saturated carbocycles. The molecular weight excluding hydrogens is 287 g/mol. The molecule has 5 heteroatoms. The molecule has 0 bridgehead atoms. The number of halogens is 2. The van der Waals surface area contributed by atoms with Gasteiger partial charge in [-0.25, -0.2) is 0 Å². The van der Waals surface area contributed by atoms with Gasteiger partial charge in [0.1, 0.15) is 0 Å². The van der Waals surface area contributed by atoms with Crippen LogP contribution in [0.4, 0.5) is 0 Å². The maximum atomic E-state index is 11.7. The van der Waals surface area contributed by atoms with Crippen molar-refractivity contribution in [2.24, 2.45) is 0 Å². The van der Waals surface area contributed by atoms with Gasteiger partial charge in [0.2, 0.25) is 0 Å². The van der Waals surface area contributed by atoms with Crippen LogP contribution in [0.2, 0.25) is 0 Å². The van der Waals surface area contributed by atoms with Crippen LogP contribution < -0.4 is 9.47 Å². The molecule has 0 amide bonds.